The van der Waals surface area contributed by atoms with Crippen LogP contribution in [-0.2, 0) is 17.8 Å². The summed E-state index contributed by atoms with van der Waals surface area (Å²) in [6.07, 6.45) is 0.986. The normalized spacial score (nSPS) is 17.0. The van der Waals surface area contributed by atoms with Crippen LogP contribution in [0.2, 0.25) is 5.02 Å². The van der Waals surface area contributed by atoms with E-state index < -0.39 is 18.2 Å². The van der Waals surface area contributed by atoms with Crippen molar-refractivity contribution < 1.29 is 38.0 Å². The van der Waals surface area contributed by atoms with E-state index in [0.29, 0.717) is 73.0 Å². The Balaban J connectivity index is 1.13. The highest BCUT2D eigenvalue weighted by Gasteiger charge is 2.30. The average molecular weight is 903 g/mol. The van der Waals surface area contributed by atoms with Crippen LogP contribution in [0.3, 0.4) is 0 Å². The third-order valence-electron chi connectivity index (χ3n) is 11.4. The molecule has 0 unspecified atom stereocenters. The smallest absolute Gasteiger partial charge is 0.345 e. The number of para-hydroxylation sites is 1. The molecule has 0 spiro atoms. The van der Waals surface area contributed by atoms with Crippen LogP contribution in [0.4, 0.5) is 4.39 Å². The molecule has 3 aliphatic heterocycles. The van der Waals surface area contributed by atoms with E-state index in [-0.39, 0.29) is 31.3 Å². The lowest BCUT2D eigenvalue weighted by Gasteiger charge is -2.34. The molecule has 4 aromatic carbocycles. The largest absolute Gasteiger partial charge is 0.496 e. The van der Waals surface area contributed by atoms with Crippen molar-refractivity contribution in [3.05, 3.63) is 125 Å². The summed E-state index contributed by atoms with van der Waals surface area (Å²) in [6.45, 7) is 6.27. The van der Waals surface area contributed by atoms with Crippen LogP contribution in [0.1, 0.15) is 16.8 Å². The molecule has 0 amide bonds. The topological polar surface area (TPSA) is 141 Å². The van der Waals surface area contributed by atoms with E-state index in [1.165, 1.54) is 29.8 Å². The zero-order chi connectivity index (χ0) is 44.3. The summed E-state index contributed by atoms with van der Waals surface area (Å²) in [4.78, 5) is 37.5. The summed E-state index contributed by atoms with van der Waals surface area (Å²) in [7, 11) is 3.71. The molecule has 1 fully saturated rings. The maximum absolute atomic E-state index is 14.3. The van der Waals surface area contributed by atoms with Crippen LogP contribution in [0.15, 0.2) is 97.5 Å². The van der Waals surface area contributed by atoms with Crippen molar-refractivity contribution in [2.24, 2.45) is 0 Å². The molecule has 0 radical (unpaired) electrons. The molecule has 13 nitrogen and oxygen atoms in total. The number of hydrogen-bond donors (Lipinski definition) is 1. The van der Waals surface area contributed by atoms with E-state index in [1.54, 1.807) is 49.7 Å². The predicted octanol–water partition coefficient (Wildman–Crippen LogP) is 8.63. The Hall–Kier alpha value is -6.39. The molecule has 2 atom stereocenters. The fourth-order valence-electron chi connectivity index (χ4n) is 7.94. The van der Waals surface area contributed by atoms with E-state index in [0.717, 1.165) is 47.7 Å². The standard InChI is InChI=1S/C48H44ClFN6O7S/c1-28-35-13-15-39(43(28)49)62-34(24-56-20-18-55(2)19-21-56)26-60-33-12-14-37(61-25-32-16-17-51-45(54-32)36-6-4-5-7-38(36)59-3)30(22-33)23-40(48(57)58)63-46-42-41(35)44(64-47(42)53-27-52-46)29-8-10-31(50)11-9-29/h4-17,22,27,34,40H,18-21,23-26H2,1-3H3,(H,57,58)/t34-,40+/m0/s1. The molecule has 3 aromatic heterocycles. The van der Waals surface area contributed by atoms with Gasteiger partial charge in [-0.25, -0.2) is 29.1 Å². The molecule has 328 valence electrons. The van der Waals surface area contributed by atoms with Gasteiger partial charge in [0.25, 0.3) is 0 Å². The number of likely N-dealkylation sites (N-methyl/N-ethyl adjacent to an activating group) is 1. The Morgan fingerprint density at radius 2 is 1.77 bits per heavy atom. The number of hydrogen-bond acceptors (Lipinski definition) is 13. The van der Waals surface area contributed by atoms with Gasteiger partial charge in [-0.05, 0) is 85.3 Å². The first kappa shape index (κ1) is 42.9. The molecule has 0 saturated carbocycles. The van der Waals surface area contributed by atoms with Gasteiger partial charge in [0.1, 0.15) is 59.3 Å². The van der Waals surface area contributed by atoms with Gasteiger partial charge in [0.05, 0.1) is 28.8 Å². The maximum Gasteiger partial charge on any atom is 0.345 e. The van der Waals surface area contributed by atoms with Crippen molar-refractivity contribution in [2.75, 3.05) is 53.5 Å². The number of halogens is 2. The van der Waals surface area contributed by atoms with Gasteiger partial charge in [-0.3, -0.25) is 4.90 Å². The molecule has 1 saturated heterocycles. The number of ether oxygens (including phenoxy) is 5. The highest BCUT2D eigenvalue weighted by atomic mass is 35.5. The second-order valence-electron chi connectivity index (χ2n) is 15.7. The fourth-order valence-corrected chi connectivity index (χ4v) is 9.30. The van der Waals surface area contributed by atoms with Crippen molar-refractivity contribution in [1.82, 2.24) is 29.7 Å². The van der Waals surface area contributed by atoms with Crippen molar-refractivity contribution in [3.63, 3.8) is 0 Å². The molecular weight excluding hydrogens is 859 g/mol. The Kier molecular flexibility index (Phi) is 12.6. The van der Waals surface area contributed by atoms with Gasteiger partial charge in [-0.2, -0.15) is 0 Å². The molecule has 0 aliphatic carbocycles. The van der Waals surface area contributed by atoms with E-state index in [1.807, 2.05) is 43.3 Å². The third kappa shape index (κ3) is 9.15. The summed E-state index contributed by atoms with van der Waals surface area (Å²) >= 11 is 8.59. The lowest BCUT2D eigenvalue weighted by atomic mass is 9.96. The van der Waals surface area contributed by atoms with Gasteiger partial charge in [0.15, 0.2) is 5.82 Å². The van der Waals surface area contributed by atoms with Gasteiger partial charge >= 0.3 is 5.97 Å². The SMILES string of the molecule is COc1ccccc1-c1nccc(COc2ccc3cc2C[C@H](C(=O)O)Oc2ncnc4sc(-c5ccc(F)cc5)c(c24)-c2ccc(c(Cl)c2C)O[C@@H](CN2CCN(C)CC2)CO3)n1. The van der Waals surface area contributed by atoms with Gasteiger partial charge in [-0.1, -0.05) is 41.9 Å². The number of carbonyl (C=O) groups is 1. The number of fused-ring (bicyclic) bond motifs is 7. The number of aliphatic carboxylic acids is 1. The van der Waals surface area contributed by atoms with Crippen molar-refractivity contribution in [3.8, 4) is 61.8 Å². The minimum Gasteiger partial charge on any atom is -0.496 e. The number of rotatable bonds is 9. The van der Waals surface area contributed by atoms with Crippen LogP contribution < -0.4 is 23.7 Å². The molecular formula is C48H44ClFN6O7S. The van der Waals surface area contributed by atoms with Crippen molar-refractivity contribution in [2.45, 2.75) is 32.2 Å². The number of aromatic nitrogens is 4. The molecule has 4 bridgehead atoms. The van der Waals surface area contributed by atoms with Gasteiger partial charge in [0.2, 0.25) is 12.0 Å². The Morgan fingerprint density at radius 1 is 0.953 bits per heavy atom. The van der Waals surface area contributed by atoms with Gasteiger partial charge < -0.3 is 33.7 Å². The number of carboxylic acid groups (broad SMARTS) is 1. The van der Waals surface area contributed by atoms with E-state index in [9.17, 15) is 14.3 Å². The molecule has 6 heterocycles. The molecule has 7 aromatic rings. The first-order chi connectivity index (χ1) is 31.1. The van der Waals surface area contributed by atoms with Crippen LogP contribution in [0, 0.1) is 12.7 Å². The van der Waals surface area contributed by atoms with Crippen molar-refractivity contribution in [1.29, 1.82) is 0 Å². The first-order valence-electron chi connectivity index (χ1n) is 20.8. The van der Waals surface area contributed by atoms with Crippen LogP contribution in [0.5, 0.6) is 28.9 Å². The predicted molar refractivity (Wildman–Crippen MR) is 242 cm³/mol. The molecule has 64 heavy (non-hydrogen) atoms. The number of piperazine rings is 1. The van der Waals surface area contributed by atoms with Gasteiger partial charge in [-0.15, -0.1) is 11.3 Å². The number of thiophene rings is 1. The summed E-state index contributed by atoms with van der Waals surface area (Å²) in [5.41, 5.74) is 4.67. The van der Waals surface area contributed by atoms with E-state index in [2.05, 4.69) is 31.8 Å². The summed E-state index contributed by atoms with van der Waals surface area (Å²) < 4.78 is 45.9. The molecule has 10 rings (SSSR count). The molecule has 1 N–H and O–H groups in total. The third-order valence-corrected chi connectivity index (χ3v) is 13.0. The highest BCUT2D eigenvalue weighted by Crippen LogP contribution is 2.49. The van der Waals surface area contributed by atoms with Crippen LogP contribution in [0.25, 0.3) is 43.2 Å². The zero-order valence-electron chi connectivity index (χ0n) is 35.3. The number of carboxylic acids is 1. The van der Waals surface area contributed by atoms with Gasteiger partial charge in [0, 0.05) is 61.3 Å². The fraction of sp³-hybridized carbons (Fsp3) is 0.271. The lowest BCUT2D eigenvalue weighted by molar-refractivity contribution is -0.145. The lowest BCUT2D eigenvalue weighted by Crippen LogP contribution is -2.49. The second-order valence-corrected chi connectivity index (χ2v) is 17.0. The second kappa shape index (κ2) is 18.8. The monoisotopic (exact) mass is 902 g/mol. The summed E-state index contributed by atoms with van der Waals surface area (Å²) in [5.74, 6) is 0.934. The quantitative estimate of drug-likeness (QED) is 0.148. The Morgan fingerprint density at radius 3 is 2.56 bits per heavy atom. The maximum atomic E-state index is 14.3. The molecule has 3 aliphatic rings. The average Bonchev–Trinajstić information content (AvgIpc) is 3.70. The minimum atomic E-state index is -1.44. The van der Waals surface area contributed by atoms with E-state index >= 15 is 0 Å². The summed E-state index contributed by atoms with van der Waals surface area (Å²) in [5, 5.41) is 11.7. The minimum absolute atomic E-state index is 0.0473. The number of benzene rings is 4. The molecule has 16 heteroatoms. The summed E-state index contributed by atoms with van der Waals surface area (Å²) in [6, 6.07) is 24.5. The number of nitrogens with zero attached hydrogens (tertiary/aromatic N) is 6. The Bertz CT molecular complexity index is 2820. The van der Waals surface area contributed by atoms with E-state index in [4.69, 9.17) is 40.3 Å². The number of methoxy groups -OCH3 is 1. The van der Waals surface area contributed by atoms with Crippen molar-refractivity contribution >= 4 is 39.1 Å². The highest BCUT2D eigenvalue weighted by molar-refractivity contribution is 7.22. The zero-order valence-corrected chi connectivity index (χ0v) is 36.9. The Labute approximate surface area is 378 Å². The van der Waals surface area contributed by atoms with Crippen LogP contribution >= 0.6 is 22.9 Å². The van der Waals surface area contributed by atoms with Crippen LogP contribution in [-0.4, -0.2) is 107 Å². The first-order valence-corrected chi connectivity index (χ1v) is 21.9.